The van der Waals surface area contributed by atoms with Gasteiger partial charge in [0.05, 0.1) is 29.3 Å². The fraction of sp³-hybridized carbons (Fsp3) is 0.364. The number of nitrogens with one attached hydrogen (secondary N) is 2. The molecule has 0 aliphatic carbocycles. The van der Waals surface area contributed by atoms with Gasteiger partial charge in [-0.15, -0.1) is 11.8 Å². The Balaban J connectivity index is 1.49. The number of likely N-dealkylation sites (tertiary alicyclic amines) is 1. The number of carbonyl (C=O) groups is 2. The predicted molar refractivity (Wildman–Crippen MR) is 124 cm³/mol. The van der Waals surface area contributed by atoms with E-state index in [1.54, 1.807) is 30.3 Å². The maximum atomic E-state index is 12.9. The van der Waals surface area contributed by atoms with Crippen molar-refractivity contribution in [3.63, 3.8) is 0 Å². The van der Waals surface area contributed by atoms with Crippen molar-refractivity contribution < 1.29 is 22.7 Å². The standard InChI is InChI=1S/C22H25N3O5S2/c1-30-17-6-4-5-16(12-17)24-32(28,29)18-7-8-20-19(13-18)23-22(27)15(14-31-20)11-21(26)25-9-2-3-10-25/h4-8,12-13,15,24H,2-3,9-11,14H2,1H3,(H,23,27). The molecule has 2 aromatic rings. The van der Waals surface area contributed by atoms with Gasteiger partial charge < -0.3 is 15.0 Å². The molecule has 1 atom stereocenters. The van der Waals surface area contributed by atoms with Crippen LogP contribution in [0, 0.1) is 5.92 Å². The molecule has 0 saturated carbocycles. The van der Waals surface area contributed by atoms with Crippen molar-refractivity contribution >= 4 is 45.0 Å². The monoisotopic (exact) mass is 475 g/mol. The molecule has 1 saturated heterocycles. The molecule has 0 radical (unpaired) electrons. The van der Waals surface area contributed by atoms with Crippen LogP contribution in [0.5, 0.6) is 5.75 Å². The largest absolute Gasteiger partial charge is 0.497 e. The van der Waals surface area contributed by atoms with Crippen molar-refractivity contribution in [1.29, 1.82) is 0 Å². The Morgan fingerprint density at radius 3 is 2.75 bits per heavy atom. The first-order chi connectivity index (χ1) is 15.4. The number of benzene rings is 2. The van der Waals surface area contributed by atoms with Gasteiger partial charge in [-0.2, -0.15) is 0 Å². The molecule has 0 spiro atoms. The average molecular weight is 476 g/mol. The Bertz CT molecular complexity index is 1130. The number of ether oxygens (including phenoxy) is 1. The van der Waals surface area contributed by atoms with Crippen LogP contribution < -0.4 is 14.8 Å². The first-order valence-corrected chi connectivity index (χ1v) is 12.8. The van der Waals surface area contributed by atoms with Crippen molar-refractivity contribution in [2.75, 3.05) is 36.0 Å². The third kappa shape index (κ3) is 5.02. The van der Waals surface area contributed by atoms with Crippen molar-refractivity contribution in [3.05, 3.63) is 42.5 Å². The van der Waals surface area contributed by atoms with Gasteiger partial charge in [-0.1, -0.05) is 6.07 Å². The van der Waals surface area contributed by atoms with E-state index in [4.69, 9.17) is 4.74 Å². The number of hydrogen-bond acceptors (Lipinski definition) is 6. The van der Waals surface area contributed by atoms with E-state index in [0.717, 1.165) is 30.8 Å². The van der Waals surface area contributed by atoms with Gasteiger partial charge in [0.15, 0.2) is 0 Å². The molecule has 1 fully saturated rings. The van der Waals surface area contributed by atoms with E-state index in [1.165, 1.54) is 31.0 Å². The summed E-state index contributed by atoms with van der Waals surface area (Å²) >= 11 is 1.45. The summed E-state index contributed by atoms with van der Waals surface area (Å²) in [5.41, 5.74) is 0.808. The van der Waals surface area contributed by atoms with Crippen LogP contribution in [0.2, 0.25) is 0 Å². The van der Waals surface area contributed by atoms with Gasteiger partial charge in [0.1, 0.15) is 5.75 Å². The van der Waals surface area contributed by atoms with Crippen LogP contribution in [0.3, 0.4) is 0 Å². The molecule has 2 aliphatic heterocycles. The third-order valence-corrected chi connectivity index (χ3v) is 8.15. The molecule has 2 N–H and O–H groups in total. The van der Waals surface area contributed by atoms with E-state index in [1.807, 2.05) is 4.90 Å². The zero-order chi connectivity index (χ0) is 22.7. The maximum absolute atomic E-state index is 12.9. The number of anilines is 2. The van der Waals surface area contributed by atoms with Gasteiger partial charge in [-0.25, -0.2) is 8.42 Å². The van der Waals surface area contributed by atoms with E-state index in [2.05, 4.69) is 10.0 Å². The summed E-state index contributed by atoms with van der Waals surface area (Å²) in [4.78, 5) is 27.9. The number of thioether (sulfide) groups is 1. The lowest BCUT2D eigenvalue weighted by atomic mass is 10.1. The number of carbonyl (C=O) groups excluding carboxylic acids is 2. The maximum Gasteiger partial charge on any atom is 0.261 e. The topological polar surface area (TPSA) is 105 Å². The molecular weight excluding hydrogens is 450 g/mol. The molecule has 170 valence electrons. The number of amides is 2. The molecule has 1 unspecified atom stereocenters. The van der Waals surface area contributed by atoms with Crippen LogP contribution in [0.15, 0.2) is 52.3 Å². The van der Waals surface area contributed by atoms with Crippen molar-refractivity contribution in [2.45, 2.75) is 29.1 Å². The quantitative estimate of drug-likeness (QED) is 0.665. The summed E-state index contributed by atoms with van der Waals surface area (Å²) in [6.45, 7) is 1.50. The lowest BCUT2D eigenvalue weighted by Crippen LogP contribution is -2.33. The van der Waals surface area contributed by atoms with E-state index in [-0.39, 0.29) is 23.1 Å². The minimum Gasteiger partial charge on any atom is -0.497 e. The Morgan fingerprint density at radius 1 is 1.22 bits per heavy atom. The smallest absolute Gasteiger partial charge is 0.261 e. The Labute approximate surface area is 191 Å². The fourth-order valence-corrected chi connectivity index (χ4v) is 5.91. The Hall–Kier alpha value is -2.72. The summed E-state index contributed by atoms with van der Waals surface area (Å²) in [6.07, 6.45) is 2.17. The molecule has 2 heterocycles. The van der Waals surface area contributed by atoms with E-state index in [9.17, 15) is 18.0 Å². The Kier molecular flexibility index (Phi) is 6.61. The highest BCUT2D eigenvalue weighted by Gasteiger charge is 2.30. The molecule has 0 bridgehead atoms. The summed E-state index contributed by atoms with van der Waals surface area (Å²) in [5.74, 6) is 0.270. The van der Waals surface area contributed by atoms with Gasteiger partial charge >= 0.3 is 0 Å². The fourth-order valence-electron chi connectivity index (χ4n) is 3.76. The number of nitrogens with zero attached hydrogens (tertiary/aromatic N) is 1. The minimum atomic E-state index is -3.87. The molecule has 0 aromatic heterocycles. The number of methoxy groups -OCH3 is 1. The van der Waals surface area contributed by atoms with E-state index in [0.29, 0.717) is 22.9 Å². The molecular formula is C22H25N3O5S2. The van der Waals surface area contributed by atoms with Gasteiger partial charge in [-0.05, 0) is 43.2 Å². The normalized spacial score (nSPS) is 18.5. The van der Waals surface area contributed by atoms with Crippen molar-refractivity contribution in [2.24, 2.45) is 5.92 Å². The third-order valence-electron chi connectivity index (χ3n) is 5.53. The number of rotatable bonds is 6. The van der Waals surface area contributed by atoms with Gasteiger partial charge in [-0.3, -0.25) is 14.3 Å². The van der Waals surface area contributed by atoms with Gasteiger partial charge in [0, 0.05) is 36.2 Å². The second-order valence-corrected chi connectivity index (χ2v) is 10.5. The molecule has 32 heavy (non-hydrogen) atoms. The second-order valence-electron chi connectivity index (χ2n) is 7.78. The highest BCUT2D eigenvalue weighted by Crippen LogP contribution is 2.35. The van der Waals surface area contributed by atoms with Crippen LogP contribution >= 0.6 is 11.8 Å². The highest BCUT2D eigenvalue weighted by molar-refractivity contribution is 7.99. The average Bonchev–Trinajstić information content (AvgIpc) is 3.27. The molecule has 2 aliphatic rings. The molecule has 4 rings (SSSR count). The van der Waals surface area contributed by atoms with Crippen LogP contribution in [0.4, 0.5) is 11.4 Å². The van der Waals surface area contributed by atoms with Crippen molar-refractivity contribution in [1.82, 2.24) is 4.90 Å². The number of fused-ring (bicyclic) bond motifs is 1. The van der Waals surface area contributed by atoms with Crippen LogP contribution in [0.1, 0.15) is 19.3 Å². The summed E-state index contributed by atoms with van der Waals surface area (Å²) in [5, 5.41) is 2.82. The summed E-state index contributed by atoms with van der Waals surface area (Å²) in [6, 6.07) is 11.3. The lowest BCUT2D eigenvalue weighted by molar-refractivity contribution is -0.133. The summed E-state index contributed by atoms with van der Waals surface area (Å²) < 4.78 is 33.4. The van der Waals surface area contributed by atoms with Gasteiger partial charge in [0.2, 0.25) is 11.8 Å². The van der Waals surface area contributed by atoms with Gasteiger partial charge in [0.25, 0.3) is 10.0 Å². The second kappa shape index (κ2) is 9.41. The Morgan fingerprint density at radius 2 is 2.00 bits per heavy atom. The predicted octanol–water partition coefficient (Wildman–Crippen LogP) is 3.17. The van der Waals surface area contributed by atoms with Crippen LogP contribution in [0.25, 0.3) is 0 Å². The minimum absolute atomic E-state index is 0.0000350. The first-order valence-electron chi connectivity index (χ1n) is 10.4. The first kappa shape index (κ1) is 22.5. The zero-order valence-electron chi connectivity index (χ0n) is 17.7. The molecule has 2 amide bonds. The molecule has 10 heteroatoms. The van der Waals surface area contributed by atoms with E-state index < -0.39 is 15.9 Å². The lowest BCUT2D eigenvalue weighted by Gasteiger charge is -2.18. The molecule has 8 nitrogen and oxygen atoms in total. The van der Waals surface area contributed by atoms with Crippen LogP contribution in [-0.4, -0.2) is 51.1 Å². The number of hydrogen-bond donors (Lipinski definition) is 2. The molecule has 2 aromatic carbocycles. The summed E-state index contributed by atoms with van der Waals surface area (Å²) in [7, 11) is -2.37. The SMILES string of the molecule is COc1cccc(NS(=O)(=O)c2ccc3c(c2)NC(=O)C(CC(=O)N2CCCC2)CS3)c1. The zero-order valence-corrected chi connectivity index (χ0v) is 19.3. The van der Waals surface area contributed by atoms with Crippen molar-refractivity contribution in [3.8, 4) is 5.75 Å². The highest BCUT2D eigenvalue weighted by atomic mass is 32.2. The van der Waals surface area contributed by atoms with Crippen LogP contribution in [-0.2, 0) is 19.6 Å². The number of sulfonamides is 1. The van der Waals surface area contributed by atoms with E-state index >= 15 is 0 Å².